The molecule has 3 atom stereocenters. The van der Waals surface area contributed by atoms with Crippen LogP contribution in [0, 0.1) is 23.2 Å². The molecule has 2 nitrogen and oxygen atoms in total. The lowest BCUT2D eigenvalue weighted by molar-refractivity contribution is -0.119. The number of hydrogen-bond donors (Lipinski definition) is 1. The van der Waals surface area contributed by atoms with E-state index >= 15 is 0 Å². The molecule has 74 valence electrons. The Bertz CT molecular complexity index is 234. The molecule has 2 heteroatoms. The number of nitrogens with one attached hydrogen (secondary N) is 1. The molecule has 0 aromatic carbocycles. The van der Waals surface area contributed by atoms with Crippen molar-refractivity contribution in [2.45, 2.75) is 33.6 Å². The molecular formula is C11H19NO. The summed E-state index contributed by atoms with van der Waals surface area (Å²) in [5, 5.41) is 2.94. The summed E-state index contributed by atoms with van der Waals surface area (Å²) in [5.74, 6) is 2.66. The van der Waals surface area contributed by atoms with E-state index in [1.165, 1.54) is 12.8 Å². The maximum Gasteiger partial charge on any atom is 0.216 e. The van der Waals surface area contributed by atoms with Crippen molar-refractivity contribution in [2.24, 2.45) is 23.2 Å². The second-order valence-electron chi connectivity index (χ2n) is 5.29. The number of carbonyl (C=O) groups excluding carboxylic acids is 1. The van der Waals surface area contributed by atoms with E-state index in [0.717, 1.165) is 24.3 Å². The highest BCUT2D eigenvalue weighted by atomic mass is 16.1. The molecule has 0 saturated heterocycles. The van der Waals surface area contributed by atoms with E-state index in [9.17, 15) is 4.79 Å². The molecule has 1 N–H and O–H groups in total. The van der Waals surface area contributed by atoms with Crippen LogP contribution in [0.1, 0.15) is 33.6 Å². The van der Waals surface area contributed by atoms with E-state index < -0.39 is 0 Å². The Balaban J connectivity index is 1.88. The normalized spacial score (nSPS) is 39.8. The van der Waals surface area contributed by atoms with Gasteiger partial charge in [0.05, 0.1) is 0 Å². The first-order valence-electron chi connectivity index (χ1n) is 5.26. The first-order valence-corrected chi connectivity index (χ1v) is 5.26. The molecule has 3 aliphatic carbocycles. The van der Waals surface area contributed by atoms with E-state index in [0.29, 0.717) is 5.41 Å². The molecule has 3 fully saturated rings. The van der Waals surface area contributed by atoms with Crippen molar-refractivity contribution in [1.29, 1.82) is 0 Å². The van der Waals surface area contributed by atoms with Crippen molar-refractivity contribution < 1.29 is 4.79 Å². The minimum Gasteiger partial charge on any atom is -0.356 e. The largest absolute Gasteiger partial charge is 0.356 e. The summed E-state index contributed by atoms with van der Waals surface area (Å²) in [7, 11) is 0. The molecule has 3 rings (SSSR count). The Labute approximate surface area is 80.1 Å². The second-order valence-corrected chi connectivity index (χ2v) is 5.29. The monoisotopic (exact) mass is 181 g/mol. The average molecular weight is 181 g/mol. The van der Waals surface area contributed by atoms with Crippen molar-refractivity contribution in [1.82, 2.24) is 5.32 Å². The number of fused-ring (bicyclic) bond motifs is 1. The lowest BCUT2D eigenvalue weighted by Crippen LogP contribution is -2.40. The van der Waals surface area contributed by atoms with Gasteiger partial charge in [-0.1, -0.05) is 13.8 Å². The molecular weight excluding hydrogens is 162 g/mol. The summed E-state index contributed by atoms with van der Waals surface area (Å²) < 4.78 is 0. The Morgan fingerprint density at radius 2 is 2.15 bits per heavy atom. The smallest absolute Gasteiger partial charge is 0.216 e. The van der Waals surface area contributed by atoms with Crippen molar-refractivity contribution in [3.63, 3.8) is 0 Å². The predicted octanol–water partition coefficient (Wildman–Crippen LogP) is 1.80. The molecule has 13 heavy (non-hydrogen) atoms. The van der Waals surface area contributed by atoms with Gasteiger partial charge in [-0.3, -0.25) is 4.79 Å². The zero-order valence-corrected chi connectivity index (χ0v) is 8.76. The SMILES string of the molecule is CC(=O)NCC1CC2CC1C2(C)C. The zero-order chi connectivity index (χ0) is 9.64. The van der Waals surface area contributed by atoms with Gasteiger partial charge < -0.3 is 5.32 Å². The van der Waals surface area contributed by atoms with Gasteiger partial charge in [0.2, 0.25) is 5.91 Å². The highest BCUT2D eigenvalue weighted by Gasteiger charge is 2.57. The minimum atomic E-state index is 0.113. The molecule has 0 radical (unpaired) electrons. The molecule has 3 unspecified atom stereocenters. The van der Waals surface area contributed by atoms with Crippen LogP contribution in [0.25, 0.3) is 0 Å². The van der Waals surface area contributed by atoms with Crippen molar-refractivity contribution in [3.05, 3.63) is 0 Å². The fourth-order valence-electron chi connectivity index (χ4n) is 3.29. The van der Waals surface area contributed by atoms with E-state index in [1.807, 2.05) is 0 Å². The fraction of sp³-hybridized carbons (Fsp3) is 0.909. The minimum absolute atomic E-state index is 0.113. The quantitative estimate of drug-likeness (QED) is 0.691. The van der Waals surface area contributed by atoms with Crippen molar-refractivity contribution >= 4 is 5.91 Å². The molecule has 3 saturated carbocycles. The van der Waals surface area contributed by atoms with Gasteiger partial charge in [0.15, 0.2) is 0 Å². The van der Waals surface area contributed by atoms with Gasteiger partial charge in [-0.05, 0) is 36.0 Å². The second kappa shape index (κ2) is 2.73. The standard InChI is InChI=1S/C11H19NO/c1-7(13)12-6-8-4-9-5-10(8)11(9,2)3/h8-10H,4-6H2,1-3H3,(H,12,13). The number of carbonyl (C=O) groups is 1. The number of amides is 1. The first kappa shape index (κ1) is 9.04. The molecule has 0 heterocycles. The van der Waals surface area contributed by atoms with Crippen molar-refractivity contribution in [3.8, 4) is 0 Å². The van der Waals surface area contributed by atoms with Gasteiger partial charge in [0, 0.05) is 13.5 Å². The molecule has 2 bridgehead atoms. The third kappa shape index (κ3) is 1.27. The van der Waals surface area contributed by atoms with Gasteiger partial charge in [0.25, 0.3) is 0 Å². The highest BCUT2D eigenvalue weighted by Crippen LogP contribution is 2.64. The van der Waals surface area contributed by atoms with Crippen LogP contribution in [0.5, 0.6) is 0 Å². The summed E-state index contributed by atoms with van der Waals surface area (Å²) in [4.78, 5) is 10.8. The van der Waals surface area contributed by atoms with Crippen LogP contribution in [0.2, 0.25) is 0 Å². The van der Waals surface area contributed by atoms with Crippen LogP contribution in [0.4, 0.5) is 0 Å². The molecule has 0 aliphatic heterocycles. The molecule has 0 aromatic rings. The van der Waals surface area contributed by atoms with Crippen LogP contribution >= 0.6 is 0 Å². The summed E-state index contributed by atoms with van der Waals surface area (Å²) in [6, 6.07) is 0. The summed E-state index contributed by atoms with van der Waals surface area (Å²) in [6.45, 7) is 7.25. The topological polar surface area (TPSA) is 29.1 Å². The highest BCUT2D eigenvalue weighted by molar-refractivity contribution is 5.72. The fourth-order valence-corrected chi connectivity index (χ4v) is 3.29. The summed E-state index contributed by atoms with van der Waals surface area (Å²) >= 11 is 0. The average Bonchev–Trinajstić information content (AvgIpc) is 2.55. The van der Waals surface area contributed by atoms with Crippen LogP contribution < -0.4 is 5.32 Å². The molecule has 0 spiro atoms. The Hall–Kier alpha value is -0.530. The zero-order valence-electron chi connectivity index (χ0n) is 8.76. The van der Waals surface area contributed by atoms with Gasteiger partial charge >= 0.3 is 0 Å². The summed E-state index contributed by atoms with van der Waals surface area (Å²) in [6.07, 6.45) is 2.73. The maximum atomic E-state index is 10.8. The van der Waals surface area contributed by atoms with Gasteiger partial charge in [0.1, 0.15) is 0 Å². The van der Waals surface area contributed by atoms with Gasteiger partial charge in [-0.2, -0.15) is 0 Å². The lowest BCUT2D eigenvalue weighted by atomic mass is 9.60. The van der Waals surface area contributed by atoms with E-state index in [2.05, 4.69) is 19.2 Å². The molecule has 0 aromatic heterocycles. The lowest BCUT2D eigenvalue weighted by Gasteiger charge is -2.45. The van der Waals surface area contributed by atoms with Crippen molar-refractivity contribution in [2.75, 3.05) is 6.54 Å². The molecule has 3 aliphatic rings. The van der Waals surface area contributed by atoms with Crippen LogP contribution in [0.3, 0.4) is 0 Å². The third-order valence-electron chi connectivity index (χ3n) is 4.32. The van der Waals surface area contributed by atoms with Crippen LogP contribution in [-0.2, 0) is 4.79 Å². The maximum absolute atomic E-state index is 10.8. The predicted molar refractivity (Wildman–Crippen MR) is 52.2 cm³/mol. The van der Waals surface area contributed by atoms with Gasteiger partial charge in [-0.15, -0.1) is 0 Å². The third-order valence-corrected chi connectivity index (χ3v) is 4.32. The molecule has 1 amide bonds. The number of hydrogen-bond acceptors (Lipinski definition) is 1. The van der Waals surface area contributed by atoms with E-state index in [1.54, 1.807) is 6.92 Å². The Morgan fingerprint density at radius 1 is 1.46 bits per heavy atom. The Morgan fingerprint density at radius 3 is 2.54 bits per heavy atom. The van der Waals surface area contributed by atoms with Crippen LogP contribution in [-0.4, -0.2) is 12.5 Å². The van der Waals surface area contributed by atoms with Gasteiger partial charge in [-0.25, -0.2) is 0 Å². The first-order chi connectivity index (χ1) is 6.01. The number of rotatable bonds is 2. The van der Waals surface area contributed by atoms with E-state index in [-0.39, 0.29) is 5.91 Å². The Kier molecular flexibility index (Phi) is 1.90. The van der Waals surface area contributed by atoms with Crippen LogP contribution in [0.15, 0.2) is 0 Å². The van der Waals surface area contributed by atoms with E-state index in [4.69, 9.17) is 0 Å². The summed E-state index contributed by atoms with van der Waals surface area (Å²) in [5.41, 5.74) is 0.559.